The molecule has 2 aliphatic rings. The summed E-state index contributed by atoms with van der Waals surface area (Å²) < 4.78 is 11.4. The topological polar surface area (TPSA) is 85.5 Å². The van der Waals surface area contributed by atoms with E-state index in [-0.39, 0.29) is 17.4 Å². The van der Waals surface area contributed by atoms with E-state index >= 15 is 0 Å². The van der Waals surface area contributed by atoms with Gasteiger partial charge >= 0.3 is 5.97 Å². The van der Waals surface area contributed by atoms with Crippen molar-refractivity contribution < 1.29 is 19.2 Å². The molecule has 0 radical (unpaired) electrons. The van der Waals surface area contributed by atoms with Gasteiger partial charge in [-0.25, -0.2) is 0 Å². The van der Waals surface area contributed by atoms with Gasteiger partial charge in [0.1, 0.15) is 5.60 Å². The number of hydrogen-bond donors (Lipinski definition) is 1. The molecule has 0 aliphatic heterocycles. The number of ether oxygens (including phenoxy) is 1. The standard InChI is InChI=1S/C15H22N2O4/c1-2-20-15(7-3-4-8-15)14-16-12(21-17-14)10-5-6-11(9-10)13(18)19/h10-11H,2-9H2,1H3,(H,18,19). The molecule has 0 bridgehead atoms. The first-order valence-corrected chi connectivity index (χ1v) is 7.85. The van der Waals surface area contributed by atoms with E-state index in [0.717, 1.165) is 32.1 Å². The monoisotopic (exact) mass is 294 g/mol. The number of carbonyl (C=O) groups is 1. The molecule has 116 valence electrons. The van der Waals surface area contributed by atoms with Gasteiger partial charge in [0.05, 0.1) is 5.92 Å². The molecule has 2 aliphatic carbocycles. The zero-order chi connectivity index (χ0) is 14.9. The summed E-state index contributed by atoms with van der Waals surface area (Å²) in [6.45, 7) is 2.61. The van der Waals surface area contributed by atoms with Crippen LogP contribution in [0.15, 0.2) is 4.52 Å². The summed E-state index contributed by atoms with van der Waals surface area (Å²) in [5, 5.41) is 13.2. The molecular formula is C15H22N2O4. The van der Waals surface area contributed by atoms with Crippen molar-refractivity contribution in [2.24, 2.45) is 5.92 Å². The Bertz CT molecular complexity index is 508. The highest BCUT2D eigenvalue weighted by Gasteiger charge is 2.42. The molecule has 6 nitrogen and oxygen atoms in total. The molecule has 2 fully saturated rings. The molecule has 1 N–H and O–H groups in total. The molecule has 0 amide bonds. The highest BCUT2D eigenvalue weighted by Crippen LogP contribution is 2.42. The normalized spacial score (nSPS) is 28.0. The van der Waals surface area contributed by atoms with Crippen LogP contribution in [0.1, 0.15) is 69.5 Å². The van der Waals surface area contributed by atoms with E-state index in [4.69, 9.17) is 14.4 Å². The predicted octanol–water partition coefficient (Wildman–Crippen LogP) is 2.84. The van der Waals surface area contributed by atoms with Gasteiger partial charge in [0.15, 0.2) is 0 Å². The number of rotatable bonds is 5. The molecule has 0 aromatic carbocycles. The molecule has 6 heteroatoms. The van der Waals surface area contributed by atoms with Crippen LogP contribution in [-0.4, -0.2) is 27.8 Å². The lowest BCUT2D eigenvalue weighted by atomic mass is 10.0. The summed E-state index contributed by atoms with van der Waals surface area (Å²) in [6, 6.07) is 0. The van der Waals surface area contributed by atoms with Crippen molar-refractivity contribution in [1.82, 2.24) is 10.1 Å². The Morgan fingerprint density at radius 2 is 2.19 bits per heavy atom. The van der Waals surface area contributed by atoms with Crippen LogP contribution in [0.3, 0.4) is 0 Å². The van der Waals surface area contributed by atoms with E-state index < -0.39 is 5.97 Å². The van der Waals surface area contributed by atoms with Gasteiger partial charge < -0.3 is 14.4 Å². The van der Waals surface area contributed by atoms with E-state index in [1.165, 1.54) is 0 Å². The first kappa shape index (κ1) is 14.5. The number of carboxylic acids is 1. The summed E-state index contributed by atoms with van der Waals surface area (Å²) in [6.07, 6.45) is 6.19. The van der Waals surface area contributed by atoms with Gasteiger partial charge in [0.25, 0.3) is 0 Å². The molecule has 2 saturated carbocycles. The Morgan fingerprint density at radius 1 is 1.43 bits per heavy atom. The molecule has 2 atom stereocenters. The van der Waals surface area contributed by atoms with Crippen LogP contribution < -0.4 is 0 Å². The Kier molecular flexibility index (Phi) is 3.97. The van der Waals surface area contributed by atoms with E-state index in [2.05, 4.69) is 10.1 Å². The van der Waals surface area contributed by atoms with Crippen molar-refractivity contribution in [3.8, 4) is 0 Å². The highest BCUT2D eigenvalue weighted by molar-refractivity contribution is 5.70. The minimum Gasteiger partial charge on any atom is -0.481 e. The minimum atomic E-state index is -0.723. The minimum absolute atomic E-state index is 0.0763. The van der Waals surface area contributed by atoms with Crippen molar-refractivity contribution in [2.45, 2.75) is 63.4 Å². The summed E-state index contributed by atoms with van der Waals surface area (Å²) >= 11 is 0. The summed E-state index contributed by atoms with van der Waals surface area (Å²) in [4.78, 5) is 15.6. The maximum Gasteiger partial charge on any atom is 0.306 e. The predicted molar refractivity (Wildman–Crippen MR) is 73.8 cm³/mol. The fourth-order valence-corrected chi connectivity index (χ4v) is 3.67. The third kappa shape index (κ3) is 2.69. The summed E-state index contributed by atoms with van der Waals surface area (Å²) in [5.41, 5.74) is -0.388. The molecule has 3 rings (SSSR count). The van der Waals surface area contributed by atoms with E-state index in [1.54, 1.807) is 0 Å². The maximum atomic E-state index is 11.0. The molecule has 21 heavy (non-hydrogen) atoms. The summed E-state index contributed by atoms with van der Waals surface area (Å²) in [5.74, 6) is 0.305. The van der Waals surface area contributed by atoms with Crippen molar-refractivity contribution in [1.29, 1.82) is 0 Å². The van der Waals surface area contributed by atoms with Gasteiger partial charge in [-0.3, -0.25) is 4.79 Å². The second kappa shape index (κ2) is 5.75. The number of aliphatic carboxylic acids is 1. The lowest BCUT2D eigenvalue weighted by molar-refractivity contribution is -0.141. The van der Waals surface area contributed by atoms with E-state index in [0.29, 0.717) is 31.2 Å². The number of nitrogens with zero attached hydrogens (tertiary/aromatic N) is 2. The van der Waals surface area contributed by atoms with Crippen LogP contribution in [0.25, 0.3) is 0 Å². The third-order valence-corrected chi connectivity index (χ3v) is 4.81. The van der Waals surface area contributed by atoms with Gasteiger partial charge in [-0.15, -0.1) is 0 Å². The first-order chi connectivity index (χ1) is 10.1. The highest BCUT2D eigenvalue weighted by atomic mass is 16.5. The first-order valence-electron chi connectivity index (χ1n) is 7.85. The van der Waals surface area contributed by atoms with Crippen LogP contribution in [0, 0.1) is 5.92 Å². The van der Waals surface area contributed by atoms with Crippen LogP contribution in [0.2, 0.25) is 0 Å². The third-order valence-electron chi connectivity index (χ3n) is 4.81. The maximum absolute atomic E-state index is 11.0. The van der Waals surface area contributed by atoms with E-state index in [1.807, 2.05) is 6.92 Å². The number of hydrogen-bond acceptors (Lipinski definition) is 5. The molecule has 1 aromatic rings. The average Bonchev–Trinajstić information content (AvgIpc) is 3.19. The van der Waals surface area contributed by atoms with Crippen LogP contribution in [0.5, 0.6) is 0 Å². The Labute approximate surface area is 123 Å². The molecule has 0 spiro atoms. The zero-order valence-corrected chi connectivity index (χ0v) is 12.4. The summed E-state index contributed by atoms with van der Waals surface area (Å²) in [7, 11) is 0. The Balaban J connectivity index is 1.76. The molecule has 1 aromatic heterocycles. The number of aromatic nitrogens is 2. The number of carboxylic acid groups (broad SMARTS) is 1. The van der Waals surface area contributed by atoms with Crippen molar-refractivity contribution in [3.63, 3.8) is 0 Å². The van der Waals surface area contributed by atoms with Gasteiger partial charge in [-0.05, 0) is 51.9 Å². The fourth-order valence-electron chi connectivity index (χ4n) is 3.67. The average molecular weight is 294 g/mol. The Hall–Kier alpha value is -1.43. The van der Waals surface area contributed by atoms with Crippen LogP contribution >= 0.6 is 0 Å². The zero-order valence-electron chi connectivity index (χ0n) is 12.4. The van der Waals surface area contributed by atoms with Gasteiger partial charge in [-0.1, -0.05) is 5.16 Å². The smallest absolute Gasteiger partial charge is 0.306 e. The van der Waals surface area contributed by atoms with E-state index in [9.17, 15) is 4.79 Å². The van der Waals surface area contributed by atoms with Crippen LogP contribution in [0.4, 0.5) is 0 Å². The Morgan fingerprint density at radius 3 is 2.81 bits per heavy atom. The lowest BCUT2D eigenvalue weighted by Gasteiger charge is -2.24. The molecular weight excluding hydrogens is 272 g/mol. The second-order valence-electron chi connectivity index (χ2n) is 6.14. The molecule has 2 unspecified atom stereocenters. The fraction of sp³-hybridized carbons (Fsp3) is 0.800. The molecule has 1 heterocycles. The lowest BCUT2D eigenvalue weighted by Crippen LogP contribution is -2.27. The van der Waals surface area contributed by atoms with Crippen molar-refractivity contribution in [3.05, 3.63) is 11.7 Å². The second-order valence-corrected chi connectivity index (χ2v) is 6.14. The van der Waals surface area contributed by atoms with Crippen molar-refractivity contribution >= 4 is 5.97 Å². The van der Waals surface area contributed by atoms with Gasteiger partial charge in [0, 0.05) is 12.5 Å². The molecule has 0 saturated heterocycles. The SMILES string of the molecule is CCOC1(c2noc(C3CCC(C(=O)O)C3)n2)CCCC1. The van der Waals surface area contributed by atoms with Gasteiger partial charge in [0.2, 0.25) is 11.7 Å². The van der Waals surface area contributed by atoms with Crippen molar-refractivity contribution in [2.75, 3.05) is 6.61 Å². The quantitative estimate of drug-likeness (QED) is 0.898. The van der Waals surface area contributed by atoms with Crippen LogP contribution in [-0.2, 0) is 15.1 Å². The largest absolute Gasteiger partial charge is 0.481 e. The van der Waals surface area contributed by atoms with Gasteiger partial charge in [-0.2, -0.15) is 4.98 Å².